The van der Waals surface area contributed by atoms with Crippen LogP contribution in [-0.2, 0) is 9.53 Å². The highest BCUT2D eigenvalue weighted by Gasteiger charge is 2.28. The van der Waals surface area contributed by atoms with Crippen LogP contribution in [0.3, 0.4) is 0 Å². The molecule has 6 nitrogen and oxygen atoms in total. The summed E-state index contributed by atoms with van der Waals surface area (Å²) in [6, 6.07) is 0. The molecule has 130 valence electrons. The average Bonchev–Trinajstić information content (AvgIpc) is 2.42. The van der Waals surface area contributed by atoms with Gasteiger partial charge in [-0.1, -0.05) is 0 Å². The maximum absolute atomic E-state index is 11.7. The third kappa shape index (κ3) is 8.42. The molecule has 0 aromatic heterocycles. The number of aliphatic imine (C=N–C) groups is 1. The molecule has 1 aliphatic heterocycles. The molecule has 1 amide bonds. The van der Waals surface area contributed by atoms with Gasteiger partial charge >= 0.3 is 0 Å². The smallest absolute Gasteiger partial charge is 0.241 e. The number of carbonyl (C=O) groups is 1. The van der Waals surface area contributed by atoms with Crippen LogP contribution < -0.4 is 10.6 Å². The predicted octanol–water partition coefficient (Wildman–Crippen LogP) is 1.16. The van der Waals surface area contributed by atoms with Crippen molar-refractivity contribution >= 4 is 47.6 Å². The van der Waals surface area contributed by atoms with Crippen LogP contribution in [0.25, 0.3) is 0 Å². The molecule has 0 atom stereocenters. The van der Waals surface area contributed by atoms with Gasteiger partial charge in [-0.15, -0.1) is 24.0 Å². The number of hydrogen-bond donors (Lipinski definition) is 2. The Morgan fingerprint density at radius 3 is 2.73 bits per heavy atom. The first-order valence-electron chi connectivity index (χ1n) is 7.41. The number of ether oxygens (including phenoxy) is 1. The van der Waals surface area contributed by atoms with Crippen LogP contribution in [0.1, 0.15) is 20.8 Å². The Labute approximate surface area is 155 Å². The molecule has 0 spiro atoms. The maximum Gasteiger partial charge on any atom is 0.241 e. The number of halogens is 1. The summed E-state index contributed by atoms with van der Waals surface area (Å²) in [6.07, 6.45) is 0. The normalized spacial score (nSPS) is 17.6. The molecule has 0 aliphatic carbocycles. The van der Waals surface area contributed by atoms with Gasteiger partial charge in [0.2, 0.25) is 5.91 Å². The Balaban J connectivity index is 0.00000441. The number of methoxy groups -OCH3 is 1. The number of guanidine groups is 1. The molecule has 0 saturated carbocycles. The Bertz CT molecular complexity index is 367. The Morgan fingerprint density at radius 1 is 1.41 bits per heavy atom. The minimum Gasteiger partial charge on any atom is -0.383 e. The monoisotopic (exact) mass is 444 g/mol. The molecular weight excluding hydrogens is 415 g/mol. The van der Waals surface area contributed by atoms with Gasteiger partial charge in [0.15, 0.2) is 5.96 Å². The van der Waals surface area contributed by atoms with E-state index in [0.29, 0.717) is 13.2 Å². The molecule has 0 aromatic carbocycles. The van der Waals surface area contributed by atoms with Crippen molar-refractivity contribution in [3.8, 4) is 0 Å². The van der Waals surface area contributed by atoms with E-state index in [1.807, 2.05) is 18.7 Å². The molecular formula is C14H29IN4O2S. The topological polar surface area (TPSA) is 66.0 Å². The Hall–Kier alpha value is -0.220. The van der Waals surface area contributed by atoms with E-state index in [1.165, 1.54) is 0 Å². The van der Waals surface area contributed by atoms with Crippen LogP contribution in [0.15, 0.2) is 4.99 Å². The molecule has 0 radical (unpaired) electrons. The molecule has 1 rings (SSSR count). The molecule has 8 heteroatoms. The SMILES string of the molecule is CCNC(=NCC(=O)NCCOC)N1CCSC(C)(C)C1.I. The molecule has 0 aromatic rings. The number of hydrogen-bond acceptors (Lipinski definition) is 4. The number of amides is 1. The van der Waals surface area contributed by atoms with Crippen molar-refractivity contribution in [3.63, 3.8) is 0 Å². The van der Waals surface area contributed by atoms with Gasteiger partial charge in [0, 0.05) is 43.8 Å². The fraction of sp³-hybridized carbons (Fsp3) is 0.857. The zero-order valence-corrected chi connectivity index (χ0v) is 17.1. The van der Waals surface area contributed by atoms with E-state index >= 15 is 0 Å². The minimum atomic E-state index is -0.0758. The van der Waals surface area contributed by atoms with E-state index in [-0.39, 0.29) is 41.2 Å². The fourth-order valence-electron chi connectivity index (χ4n) is 2.12. The molecule has 1 saturated heterocycles. The average molecular weight is 444 g/mol. The first-order valence-corrected chi connectivity index (χ1v) is 8.40. The van der Waals surface area contributed by atoms with Gasteiger partial charge < -0.3 is 20.3 Å². The molecule has 22 heavy (non-hydrogen) atoms. The zero-order valence-electron chi connectivity index (χ0n) is 14.0. The van der Waals surface area contributed by atoms with E-state index in [0.717, 1.165) is 31.3 Å². The van der Waals surface area contributed by atoms with E-state index < -0.39 is 0 Å². The fourth-order valence-corrected chi connectivity index (χ4v) is 3.23. The van der Waals surface area contributed by atoms with E-state index in [2.05, 4.69) is 34.4 Å². The summed E-state index contributed by atoms with van der Waals surface area (Å²) >= 11 is 1.98. The number of carbonyl (C=O) groups excluding carboxylic acids is 1. The van der Waals surface area contributed by atoms with Crippen LogP contribution in [0.4, 0.5) is 0 Å². The summed E-state index contributed by atoms with van der Waals surface area (Å²) in [6.45, 7) is 10.4. The largest absolute Gasteiger partial charge is 0.383 e. The summed E-state index contributed by atoms with van der Waals surface area (Å²) in [5.41, 5.74) is 0. The summed E-state index contributed by atoms with van der Waals surface area (Å²) < 4.78 is 5.12. The molecule has 1 fully saturated rings. The number of thioether (sulfide) groups is 1. The van der Waals surface area contributed by atoms with Gasteiger partial charge in [-0.05, 0) is 20.8 Å². The molecule has 0 unspecified atom stereocenters. The number of rotatable bonds is 6. The zero-order chi connectivity index (χ0) is 15.7. The summed E-state index contributed by atoms with van der Waals surface area (Å²) in [4.78, 5) is 18.4. The summed E-state index contributed by atoms with van der Waals surface area (Å²) in [5.74, 6) is 1.83. The van der Waals surface area contributed by atoms with Crippen molar-refractivity contribution in [1.82, 2.24) is 15.5 Å². The predicted molar refractivity (Wildman–Crippen MR) is 104 cm³/mol. The second-order valence-corrected chi connectivity index (χ2v) is 7.34. The number of nitrogens with one attached hydrogen (secondary N) is 2. The minimum absolute atomic E-state index is 0. The van der Waals surface area contributed by atoms with Crippen LogP contribution in [-0.4, -0.2) is 73.7 Å². The highest BCUT2D eigenvalue weighted by Crippen LogP contribution is 2.29. The van der Waals surface area contributed by atoms with Gasteiger partial charge in [-0.3, -0.25) is 4.79 Å². The Morgan fingerprint density at radius 2 is 2.14 bits per heavy atom. The molecule has 2 N–H and O–H groups in total. The Kier molecular flexibility index (Phi) is 11.2. The van der Waals surface area contributed by atoms with Crippen molar-refractivity contribution in [1.29, 1.82) is 0 Å². The highest BCUT2D eigenvalue weighted by atomic mass is 127. The molecule has 1 aliphatic rings. The lowest BCUT2D eigenvalue weighted by Crippen LogP contribution is -2.51. The van der Waals surface area contributed by atoms with Crippen molar-refractivity contribution in [2.45, 2.75) is 25.5 Å². The maximum atomic E-state index is 11.7. The van der Waals surface area contributed by atoms with Gasteiger partial charge in [0.05, 0.1) is 6.61 Å². The third-order valence-electron chi connectivity index (χ3n) is 3.06. The van der Waals surface area contributed by atoms with Crippen molar-refractivity contribution in [3.05, 3.63) is 0 Å². The van der Waals surface area contributed by atoms with E-state index in [9.17, 15) is 4.79 Å². The van der Waals surface area contributed by atoms with Crippen molar-refractivity contribution in [2.75, 3.05) is 52.2 Å². The van der Waals surface area contributed by atoms with Crippen molar-refractivity contribution < 1.29 is 9.53 Å². The summed E-state index contributed by atoms with van der Waals surface area (Å²) in [5, 5.41) is 6.05. The van der Waals surface area contributed by atoms with Gasteiger partial charge in [0.25, 0.3) is 0 Å². The summed E-state index contributed by atoms with van der Waals surface area (Å²) in [7, 11) is 1.61. The highest BCUT2D eigenvalue weighted by molar-refractivity contribution is 14.0. The van der Waals surface area contributed by atoms with Crippen LogP contribution >= 0.6 is 35.7 Å². The lowest BCUT2D eigenvalue weighted by Gasteiger charge is -2.39. The molecule has 0 bridgehead atoms. The van der Waals surface area contributed by atoms with Crippen molar-refractivity contribution in [2.24, 2.45) is 4.99 Å². The van der Waals surface area contributed by atoms with Crippen LogP contribution in [0, 0.1) is 0 Å². The van der Waals surface area contributed by atoms with Crippen LogP contribution in [0.2, 0.25) is 0 Å². The van der Waals surface area contributed by atoms with E-state index in [4.69, 9.17) is 4.74 Å². The van der Waals surface area contributed by atoms with Gasteiger partial charge in [0.1, 0.15) is 6.54 Å². The van der Waals surface area contributed by atoms with Crippen LogP contribution in [0.5, 0.6) is 0 Å². The standard InChI is InChI=1S/C14H28N4O2S.HI/c1-5-15-13(17-10-12(19)16-6-8-20-4)18-7-9-21-14(2,3)11-18;/h5-11H2,1-4H3,(H,15,17)(H,16,19);1H. The number of nitrogens with zero attached hydrogens (tertiary/aromatic N) is 2. The first-order chi connectivity index (χ1) is 9.98. The third-order valence-corrected chi connectivity index (χ3v) is 4.36. The second-order valence-electron chi connectivity index (χ2n) is 5.54. The van der Waals surface area contributed by atoms with Gasteiger partial charge in [-0.2, -0.15) is 11.8 Å². The first kappa shape index (κ1) is 21.8. The quantitative estimate of drug-likeness (QED) is 0.279. The lowest BCUT2D eigenvalue weighted by atomic mass is 10.2. The van der Waals surface area contributed by atoms with E-state index in [1.54, 1.807) is 7.11 Å². The molecule has 1 heterocycles. The lowest BCUT2D eigenvalue weighted by molar-refractivity contribution is -0.119. The second kappa shape index (κ2) is 11.3. The van der Waals surface area contributed by atoms with Gasteiger partial charge in [-0.25, -0.2) is 4.99 Å².